The summed E-state index contributed by atoms with van der Waals surface area (Å²) in [5, 5.41) is 3.68. The third kappa shape index (κ3) is 5.32. The van der Waals surface area contributed by atoms with E-state index in [1.54, 1.807) is 43.3 Å². The van der Waals surface area contributed by atoms with Crippen LogP contribution in [0.2, 0.25) is 5.02 Å². The summed E-state index contributed by atoms with van der Waals surface area (Å²) in [6.07, 6.45) is -4.82. The summed E-state index contributed by atoms with van der Waals surface area (Å²) in [5.74, 6) is -0.731. The van der Waals surface area contributed by atoms with Crippen LogP contribution < -0.4 is 9.62 Å². The third-order valence-corrected chi connectivity index (χ3v) is 7.62. The van der Waals surface area contributed by atoms with Gasteiger partial charge in [0.15, 0.2) is 0 Å². The molecule has 5 nitrogen and oxygen atoms in total. The Morgan fingerprint density at radius 1 is 0.944 bits per heavy atom. The van der Waals surface area contributed by atoms with Crippen molar-refractivity contribution in [2.75, 3.05) is 16.2 Å². The maximum atomic E-state index is 13.5. The van der Waals surface area contributed by atoms with Crippen LogP contribution in [0.5, 0.6) is 0 Å². The van der Waals surface area contributed by atoms with Crippen LogP contribution in [-0.2, 0) is 21.0 Å². The number of benzene rings is 4. The van der Waals surface area contributed by atoms with E-state index in [0.717, 1.165) is 28.5 Å². The van der Waals surface area contributed by atoms with Gasteiger partial charge in [-0.3, -0.25) is 9.10 Å². The summed E-state index contributed by atoms with van der Waals surface area (Å²) in [6, 6.07) is 21.0. The minimum absolute atomic E-state index is 0.172. The Hall–Kier alpha value is -3.56. The highest BCUT2D eigenvalue weighted by Gasteiger charge is 2.35. The molecule has 0 spiro atoms. The number of nitrogens with one attached hydrogen (secondary N) is 1. The van der Waals surface area contributed by atoms with E-state index in [9.17, 15) is 26.4 Å². The first-order valence-electron chi connectivity index (χ1n) is 10.7. The number of amides is 1. The second-order valence-electron chi connectivity index (χ2n) is 8.06. The fraction of sp³-hybridized carbons (Fsp3) is 0.115. The summed E-state index contributed by atoms with van der Waals surface area (Å²) in [4.78, 5) is 12.9. The maximum absolute atomic E-state index is 13.5. The number of carbonyl (C=O) groups excluding carboxylic acids is 1. The van der Waals surface area contributed by atoms with E-state index in [-0.39, 0.29) is 10.6 Å². The molecule has 0 aromatic heterocycles. The molecule has 0 heterocycles. The third-order valence-electron chi connectivity index (χ3n) is 5.50. The van der Waals surface area contributed by atoms with Crippen LogP contribution in [0, 0.1) is 6.92 Å². The number of hydrogen-bond donors (Lipinski definition) is 1. The molecule has 0 fully saturated rings. The first-order chi connectivity index (χ1) is 17.0. The van der Waals surface area contributed by atoms with Crippen molar-refractivity contribution >= 4 is 49.7 Å². The Bertz CT molecular complexity index is 1530. The molecule has 0 atom stereocenters. The lowest BCUT2D eigenvalue weighted by atomic mass is 10.1. The Kier molecular flexibility index (Phi) is 6.97. The van der Waals surface area contributed by atoms with Gasteiger partial charge in [0.05, 0.1) is 21.2 Å². The van der Waals surface area contributed by atoms with Gasteiger partial charge in [-0.25, -0.2) is 8.42 Å². The Balaban J connectivity index is 1.75. The number of fused-ring (bicyclic) bond motifs is 1. The van der Waals surface area contributed by atoms with Crippen molar-refractivity contribution in [2.45, 2.75) is 18.0 Å². The molecule has 10 heteroatoms. The van der Waals surface area contributed by atoms with Gasteiger partial charge in [0, 0.05) is 11.1 Å². The van der Waals surface area contributed by atoms with Crippen molar-refractivity contribution < 1.29 is 26.4 Å². The van der Waals surface area contributed by atoms with E-state index in [4.69, 9.17) is 11.6 Å². The molecule has 186 valence electrons. The van der Waals surface area contributed by atoms with Gasteiger partial charge in [-0.05, 0) is 48.7 Å². The average molecular weight is 533 g/mol. The normalized spacial score (nSPS) is 11.9. The molecule has 4 aromatic rings. The van der Waals surface area contributed by atoms with E-state index in [2.05, 4.69) is 5.32 Å². The molecule has 4 rings (SSSR count). The number of hydrogen-bond acceptors (Lipinski definition) is 3. The van der Waals surface area contributed by atoms with Crippen molar-refractivity contribution in [3.8, 4) is 0 Å². The first-order valence-corrected chi connectivity index (χ1v) is 12.5. The number of nitrogens with zero attached hydrogens (tertiary/aromatic N) is 1. The van der Waals surface area contributed by atoms with Crippen molar-refractivity contribution in [2.24, 2.45) is 0 Å². The molecule has 0 saturated carbocycles. The van der Waals surface area contributed by atoms with Crippen LogP contribution in [0.3, 0.4) is 0 Å². The fourth-order valence-electron chi connectivity index (χ4n) is 3.69. The lowest BCUT2D eigenvalue weighted by molar-refractivity contribution is -0.137. The molecule has 4 aromatic carbocycles. The SMILES string of the molecule is Cc1ccc(S(=O)(=O)N(CC(=O)Nc2cccc3ccccc23)c2ccc(Cl)c(C(F)(F)F)c2)cc1. The summed E-state index contributed by atoms with van der Waals surface area (Å²) in [7, 11) is -4.41. The zero-order valence-electron chi connectivity index (χ0n) is 18.9. The van der Waals surface area contributed by atoms with Gasteiger partial charge in [0.25, 0.3) is 10.0 Å². The molecule has 0 aliphatic heterocycles. The van der Waals surface area contributed by atoms with Gasteiger partial charge in [0.1, 0.15) is 6.54 Å². The zero-order valence-corrected chi connectivity index (χ0v) is 20.5. The summed E-state index contributed by atoms with van der Waals surface area (Å²) in [6.45, 7) is 0.999. The second-order valence-corrected chi connectivity index (χ2v) is 10.3. The van der Waals surface area contributed by atoms with E-state index < -0.39 is 39.2 Å². The molecule has 0 radical (unpaired) electrons. The molecule has 36 heavy (non-hydrogen) atoms. The van der Waals surface area contributed by atoms with Crippen molar-refractivity contribution in [3.63, 3.8) is 0 Å². The molecular weight excluding hydrogens is 513 g/mol. The van der Waals surface area contributed by atoms with Crippen LogP contribution in [0.1, 0.15) is 11.1 Å². The topological polar surface area (TPSA) is 66.5 Å². The highest BCUT2D eigenvalue weighted by molar-refractivity contribution is 7.92. The van der Waals surface area contributed by atoms with Crippen molar-refractivity contribution in [3.05, 3.63) is 101 Å². The Morgan fingerprint density at radius 2 is 1.61 bits per heavy atom. The minimum atomic E-state index is -4.82. The Morgan fingerprint density at radius 3 is 2.31 bits per heavy atom. The van der Waals surface area contributed by atoms with E-state index in [0.29, 0.717) is 16.1 Å². The predicted octanol–water partition coefficient (Wildman–Crippen LogP) is 6.65. The summed E-state index contributed by atoms with van der Waals surface area (Å²) < 4.78 is 68.3. The number of carbonyl (C=O) groups is 1. The molecule has 1 N–H and O–H groups in total. The highest BCUT2D eigenvalue weighted by Crippen LogP contribution is 2.38. The zero-order chi connectivity index (χ0) is 26.1. The lowest BCUT2D eigenvalue weighted by Crippen LogP contribution is -2.38. The van der Waals surface area contributed by atoms with Gasteiger partial charge >= 0.3 is 6.18 Å². The Labute approximate surface area is 211 Å². The number of aryl methyl sites for hydroxylation is 1. The molecule has 0 bridgehead atoms. The fourth-order valence-corrected chi connectivity index (χ4v) is 5.33. The molecule has 1 amide bonds. The van der Waals surface area contributed by atoms with Gasteiger partial charge in [0.2, 0.25) is 5.91 Å². The van der Waals surface area contributed by atoms with Gasteiger partial charge in [-0.2, -0.15) is 13.2 Å². The standard InChI is InChI=1S/C26H20ClF3N2O3S/c1-17-9-12-20(13-10-17)36(34,35)32(19-11-14-23(27)22(15-19)26(28,29)30)16-25(33)31-24-8-4-6-18-5-2-3-7-21(18)24/h2-15H,16H2,1H3,(H,31,33). The lowest BCUT2D eigenvalue weighted by Gasteiger charge is -2.25. The molecule has 0 unspecified atom stereocenters. The van der Waals surface area contributed by atoms with Gasteiger partial charge < -0.3 is 5.32 Å². The van der Waals surface area contributed by atoms with Crippen LogP contribution in [0.25, 0.3) is 10.8 Å². The van der Waals surface area contributed by atoms with Crippen LogP contribution in [0.15, 0.2) is 89.8 Å². The quantitative estimate of drug-likeness (QED) is 0.302. The number of rotatable bonds is 6. The number of halogens is 4. The van der Waals surface area contributed by atoms with Crippen molar-refractivity contribution in [1.29, 1.82) is 0 Å². The second kappa shape index (κ2) is 9.83. The summed E-state index contributed by atoms with van der Waals surface area (Å²) >= 11 is 5.74. The van der Waals surface area contributed by atoms with Crippen LogP contribution in [-0.4, -0.2) is 20.9 Å². The number of sulfonamides is 1. The maximum Gasteiger partial charge on any atom is 0.417 e. The van der Waals surface area contributed by atoms with Crippen LogP contribution in [0.4, 0.5) is 24.5 Å². The number of alkyl halides is 3. The highest BCUT2D eigenvalue weighted by atomic mass is 35.5. The van der Waals surface area contributed by atoms with Gasteiger partial charge in [-0.1, -0.05) is 65.7 Å². The molecule has 0 aliphatic carbocycles. The predicted molar refractivity (Wildman–Crippen MR) is 135 cm³/mol. The van der Waals surface area contributed by atoms with Crippen molar-refractivity contribution in [1.82, 2.24) is 0 Å². The first kappa shape index (κ1) is 25.5. The largest absolute Gasteiger partial charge is 0.417 e. The minimum Gasteiger partial charge on any atom is -0.324 e. The van der Waals surface area contributed by atoms with E-state index >= 15 is 0 Å². The molecule has 0 saturated heterocycles. The van der Waals surface area contributed by atoms with Crippen LogP contribution >= 0.6 is 11.6 Å². The smallest absolute Gasteiger partial charge is 0.324 e. The molecular formula is C26H20ClF3N2O3S. The van der Waals surface area contributed by atoms with E-state index in [1.165, 1.54) is 12.1 Å². The van der Waals surface area contributed by atoms with E-state index in [1.807, 2.05) is 18.2 Å². The van der Waals surface area contributed by atoms with Gasteiger partial charge in [-0.15, -0.1) is 0 Å². The monoisotopic (exact) mass is 532 g/mol. The molecule has 0 aliphatic rings. The summed E-state index contributed by atoms with van der Waals surface area (Å²) in [5.41, 5.74) is -0.321. The number of anilines is 2. The average Bonchev–Trinajstić information content (AvgIpc) is 2.83.